The van der Waals surface area contributed by atoms with Crippen molar-refractivity contribution in [2.45, 2.75) is 77.3 Å². The van der Waals surface area contributed by atoms with E-state index in [9.17, 15) is 0 Å². The molecule has 0 saturated carbocycles. The number of rotatable bonds is 5. The molecule has 1 aliphatic rings. The summed E-state index contributed by atoms with van der Waals surface area (Å²) in [5.41, 5.74) is 0. The van der Waals surface area contributed by atoms with E-state index in [0.29, 0.717) is 6.10 Å². The largest absolute Gasteiger partial charge is 0.403 e. The van der Waals surface area contributed by atoms with Crippen molar-refractivity contribution in [3.63, 3.8) is 0 Å². The summed E-state index contributed by atoms with van der Waals surface area (Å²) in [5.74, 6) is 6.46. The van der Waals surface area contributed by atoms with Crippen molar-refractivity contribution < 1.29 is 9.16 Å². The highest BCUT2D eigenvalue weighted by Gasteiger charge is 2.39. The van der Waals surface area contributed by atoms with Gasteiger partial charge in [0, 0.05) is 6.42 Å². The maximum absolute atomic E-state index is 6.39. The highest BCUT2D eigenvalue weighted by Crippen LogP contribution is 2.37. The van der Waals surface area contributed by atoms with Gasteiger partial charge in [-0.2, -0.15) is 0 Å². The molecule has 0 aromatic rings. The summed E-state index contributed by atoms with van der Waals surface area (Å²) in [6.07, 6.45) is 3.55. The molecule has 104 valence electrons. The van der Waals surface area contributed by atoms with E-state index in [1.807, 2.05) is 0 Å². The molecule has 1 saturated heterocycles. The lowest BCUT2D eigenvalue weighted by Gasteiger charge is -2.38. The Morgan fingerprint density at radius 2 is 2.00 bits per heavy atom. The third-order valence-electron chi connectivity index (χ3n) is 3.84. The maximum Gasteiger partial charge on any atom is 0.193 e. The van der Waals surface area contributed by atoms with Gasteiger partial charge in [-0.15, -0.1) is 5.92 Å². The Kier molecular flexibility index (Phi) is 5.45. The third kappa shape index (κ3) is 5.13. The molecule has 1 unspecified atom stereocenters. The highest BCUT2D eigenvalue weighted by molar-refractivity contribution is 6.74. The van der Waals surface area contributed by atoms with Gasteiger partial charge in [0.2, 0.25) is 0 Å². The highest BCUT2D eigenvalue weighted by atomic mass is 28.4. The normalized spacial score (nSPS) is 21.1. The van der Waals surface area contributed by atoms with Gasteiger partial charge in [0.1, 0.15) is 6.10 Å². The molecule has 0 N–H and O–H groups in total. The van der Waals surface area contributed by atoms with Gasteiger partial charge in [-0.25, -0.2) is 0 Å². The molecule has 2 nitrogen and oxygen atoms in total. The first kappa shape index (κ1) is 15.8. The molecule has 18 heavy (non-hydrogen) atoms. The quantitative estimate of drug-likeness (QED) is 0.427. The molecule has 0 aromatic heterocycles. The Morgan fingerprint density at radius 1 is 1.39 bits per heavy atom. The van der Waals surface area contributed by atoms with Crippen LogP contribution in [0.3, 0.4) is 0 Å². The van der Waals surface area contributed by atoms with Crippen molar-refractivity contribution >= 4 is 8.32 Å². The summed E-state index contributed by atoms with van der Waals surface area (Å²) in [5, 5.41) is 0.245. The number of epoxide rings is 1. The average Bonchev–Trinajstić information content (AvgIpc) is 3.04. The predicted molar refractivity (Wildman–Crippen MR) is 79.1 cm³/mol. The summed E-state index contributed by atoms with van der Waals surface area (Å²) >= 11 is 0. The molecule has 0 aromatic carbocycles. The maximum atomic E-state index is 6.39. The fourth-order valence-electron chi connectivity index (χ4n) is 1.48. The van der Waals surface area contributed by atoms with Gasteiger partial charge in [0.25, 0.3) is 0 Å². The summed E-state index contributed by atoms with van der Waals surface area (Å²) in [6.45, 7) is 14.4. The smallest absolute Gasteiger partial charge is 0.193 e. The lowest BCUT2D eigenvalue weighted by atomic mass is 10.1. The summed E-state index contributed by atoms with van der Waals surface area (Å²) < 4.78 is 11.7. The summed E-state index contributed by atoms with van der Waals surface area (Å²) in [6, 6.07) is 0. The molecule has 0 spiro atoms. The minimum atomic E-state index is -1.71. The molecule has 1 fully saturated rings. The Hall–Kier alpha value is -0.303. The van der Waals surface area contributed by atoms with Gasteiger partial charge >= 0.3 is 0 Å². The minimum absolute atomic E-state index is 0.0926. The van der Waals surface area contributed by atoms with Crippen LogP contribution >= 0.6 is 0 Å². The first-order valence-electron chi connectivity index (χ1n) is 7.04. The second-order valence-corrected chi connectivity index (χ2v) is 11.3. The Balaban J connectivity index is 2.58. The van der Waals surface area contributed by atoms with E-state index >= 15 is 0 Å². The number of hydrogen-bond donors (Lipinski definition) is 0. The molecular formula is C15H28O2Si. The molecule has 0 radical (unpaired) electrons. The lowest BCUT2D eigenvalue weighted by molar-refractivity contribution is 0.214. The molecule has 1 heterocycles. The minimum Gasteiger partial charge on any atom is -0.403 e. The topological polar surface area (TPSA) is 21.8 Å². The van der Waals surface area contributed by atoms with Crippen molar-refractivity contribution in [3.8, 4) is 11.8 Å². The fourth-order valence-corrected chi connectivity index (χ4v) is 2.72. The van der Waals surface area contributed by atoms with Crippen molar-refractivity contribution in [2.24, 2.45) is 0 Å². The monoisotopic (exact) mass is 268 g/mol. The third-order valence-corrected chi connectivity index (χ3v) is 8.32. The van der Waals surface area contributed by atoms with Crippen LogP contribution in [0.15, 0.2) is 0 Å². The SMILES string of the molecule is CCC#C[C@@H](CCC1CO1)O[Si](C)(C)C(C)(C)C. The van der Waals surface area contributed by atoms with Crippen LogP contribution in [0, 0.1) is 11.8 Å². The van der Waals surface area contributed by atoms with E-state index in [4.69, 9.17) is 9.16 Å². The zero-order valence-electron chi connectivity index (χ0n) is 12.8. The standard InChI is InChI=1S/C15H28O2Si/c1-7-8-9-13(10-11-14-12-16-14)17-18(5,6)15(2,3)4/h13-14H,7,10-12H2,1-6H3/t13-,14?/m0/s1. The van der Waals surface area contributed by atoms with Crippen molar-refractivity contribution in [3.05, 3.63) is 0 Å². The molecule has 3 heteroatoms. The molecule has 0 aliphatic carbocycles. The first-order valence-corrected chi connectivity index (χ1v) is 9.95. The zero-order chi connectivity index (χ0) is 13.8. The van der Waals surface area contributed by atoms with Gasteiger partial charge in [0.15, 0.2) is 8.32 Å². The number of ether oxygens (including phenoxy) is 1. The second-order valence-electron chi connectivity index (χ2n) is 6.57. The molecule has 0 amide bonds. The number of hydrogen-bond acceptors (Lipinski definition) is 2. The summed E-state index contributed by atoms with van der Waals surface area (Å²) in [7, 11) is -1.71. The van der Waals surface area contributed by atoms with E-state index < -0.39 is 8.32 Å². The van der Waals surface area contributed by atoms with Crippen LogP contribution in [0.25, 0.3) is 0 Å². The van der Waals surface area contributed by atoms with Crippen LogP contribution in [0.2, 0.25) is 18.1 Å². The van der Waals surface area contributed by atoms with E-state index in [-0.39, 0.29) is 11.1 Å². The van der Waals surface area contributed by atoms with Gasteiger partial charge in [-0.1, -0.05) is 33.6 Å². The Morgan fingerprint density at radius 3 is 2.44 bits per heavy atom. The molecule has 0 bridgehead atoms. The second kappa shape index (κ2) is 6.23. The fraction of sp³-hybridized carbons (Fsp3) is 0.867. The molecular weight excluding hydrogens is 240 g/mol. The van der Waals surface area contributed by atoms with E-state index in [1.54, 1.807) is 0 Å². The van der Waals surface area contributed by atoms with Crippen LogP contribution in [0.4, 0.5) is 0 Å². The van der Waals surface area contributed by atoms with Crippen molar-refractivity contribution in [2.75, 3.05) is 6.61 Å². The van der Waals surface area contributed by atoms with Crippen LogP contribution in [-0.4, -0.2) is 27.1 Å². The van der Waals surface area contributed by atoms with Crippen LogP contribution in [0.1, 0.15) is 47.0 Å². The Labute approximate surface area is 114 Å². The molecule has 1 rings (SSSR count). The van der Waals surface area contributed by atoms with Gasteiger partial charge in [-0.3, -0.25) is 0 Å². The van der Waals surface area contributed by atoms with E-state index in [1.165, 1.54) is 0 Å². The van der Waals surface area contributed by atoms with Gasteiger partial charge in [0.05, 0.1) is 12.7 Å². The van der Waals surface area contributed by atoms with Crippen LogP contribution in [0.5, 0.6) is 0 Å². The van der Waals surface area contributed by atoms with Crippen LogP contribution in [-0.2, 0) is 9.16 Å². The lowest BCUT2D eigenvalue weighted by Crippen LogP contribution is -2.43. The zero-order valence-corrected chi connectivity index (χ0v) is 13.8. The van der Waals surface area contributed by atoms with Crippen molar-refractivity contribution in [1.29, 1.82) is 0 Å². The van der Waals surface area contributed by atoms with Crippen molar-refractivity contribution in [1.82, 2.24) is 0 Å². The first-order chi connectivity index (χ1) is 8.26. The Bertz CT molecular complexity index is 316. The molecule has 2 atom stereocenters. The van der Waals surface area contributed by atoms with E-state index in [0.717, 1.165) is 25.9 Å². The van der Waals surface area contributed by atoms with Gasteiger partial charge in [-0.05, 0) is 31.0 Å². The predicted octanol–water partition coefficient (Wildman–Crippen LogP) is 3.97. The van der Waals surface area contributed by atoms with Crippen LogP contribution < -0.4 is 0 Å². The molecule has 1 aliphatic heterocycles. The average molecular weight is 268 g/mol. The van der Waals surface area contributed by atoms with E-state index in [2.05, 4.69) is 52.6 Å². The van der Waals surface area contributed by atoms with Gasteiger partial charge < -0.3 is 9.16 Å². The summed E-state index contributed by atoms with van der Waals surface area (Å²) in [4.78, 5) is 0.